The first-order chi connectivity index (χ1) is 14.0. The van der Waals surface area contributed by atoms with Crippen LogP contribution in [0.1, 0.15) is 37.7 Å². The van der Waals surface area contributed by atoms with E-state index in [2.05, 4.69) is 5.32 Å². The van der Waals surface area contributed by atoms with Crippen molar-refractivity contribution in [1.82, 2.24) is 10.2 Å². The first-order valence-electron chi connectivity index (χ1n) is 10.4. The van der Waals surface area contributed by atoms with Crippen molar-refractivity contribution < 1.29 is 23.5 Å². The SMILES string of the molecule is COCCC1(NC(=O)C2CCOCC2)CCN(C(=O)Cc2cccc(F)c2)CC1. The second-order valence-corrected chi connectivity index (χ2v) is 8.09. The number of carbonyl (C=O) groups is 2. The zero-order valence-electron chi connectivity index (χ0n) is 17.1. The van der Waals surface area contributed by atoms with Crippen LogP contribution in [-0.2, 0) is 25.5 Å². The average Bonchev–Trinajstić information content (AvgIpc) is 2.73. The van der Waals surface area contributed by atoms with E-state index in [1.54, 1.807) is 19.2 Å². The highest BCUT2D eigenvalue weighted by Crippen LogP contribution is 2.28. The molecule has 2 aliphatic rings. The molecule has 0 unspecified atom stereocenters. The Morgan fingerprint density at radius 1 is 1.28 bits per heavy atom. The molecule has 0 aliphatic carbocycles. The summed E-state index contributed by atoms with van der Waals surface area (Å²) in [7, 11) is 1.66. The maximum absolute atomic E-state index is 13.4. The topological polar surface area (TPSA) is 67.9 Å². The van der Waals surface area contributed by atoms with Crippen molar-refractivity contribution in [3.05, 3.63) is 35.6 Å². The fourth-order valence-electron chi connectivity index (χ4n) is 4.18. The molecule has 29 heavy (non-hydrogen) atoms. The lowest BCUT2D eigenvalue weighted by atomic mass is 9.83. The van der Waals surface area contributed by atoms with Crippen LogP contribution in [0.15, 0.2) is 24.3 Å². The van der Waals surface area contributed by atoms with E-state index in [1.807, 2.05) is 4.90 Å². The van der Waals surface area contributed by atoms with Crippen LogP contribution in [0.2, 0.25) is 0 Å². The van der Waals surface area contributed by atoms with Gasteiger partial charge in [0, 0.05) is 51.5 Å². The average molecular weight is 406 g/mol. The number of hydrogen-bond donors (Lipinski definition) is 1. The standard InChI is InChI=1S/C22H31FN2O4/c1-28-14-9-22(24-21(27)18-5-12-29-13-6-18)7-10-25(11-8-22)20(26)16-17-3-2-4-19(23)15-17/h2-4,15,18H,5-14,16H2,1H3,(H,24,27). The lowest BCUT2D eigenvalue weighted by Gasteiger charge is -2.43. The Morgan fingerprint density at radius 2 is 2.00 bits per heavy atom. The second-order valence-electron chi connectivity index (χ2n) is 8.09. The molecule has 0 bridgehead atoms. The number of halogens is 1. The summed E-state index contributed by atoms with van der Waals surface area (Å²) < 4.78 is 24.0. The van der Waals surface area contributed by atoms with E-state index in [0.717, 1.165) is 19.3 Å². The van der Waals surface area contributed by atoms with Crippen LogP contribution < -0.4 is 5.32 Å². The van der Waals surface area contributed by atoms with Gasteiger partial charge in [0.1, 0.15) is 5.82 Å². The number of rotatable bonds is 7. The van der Waals surface area contributed by atoms with Crippen molar-refractivity contribution in [1.29, 1.82) is 0 Å². The molecule has 2 fully saturated rings. The molecule has 1 N–H and O–H groups in total. The molecule has 2 heterocycles. The van der Waals surface area contributed by atoms with Crippen LogP contribution in [0.3, 0.4) is 0 Å². The first-order valence-corrected chi connectivity index (χ1v) is 10.4. The molecule has 2 saturated heterocycles. The number of nitrogens with one attached hydrogen (secondary N) is 1. The van der Waals surface area contributed by atoms with Gasteiger partial charge in [-0.3, -0.25) is 9.59 Å². The smallest absolute Gasteiger partial charge is 0.226 e. The molecule has 6 nitrogen and oxygen atoms in total. The van der Waals surface area contributed by atoms with Crippen molar-refractivity contribution in [3.63, 3.8) is 0 Å². The van der Waals surface area contributed by atoms with Crippen LogP contribution in [0.25, 0.3) is 0 Å². The van der Waals surface area contributed by atoms with Gasteiger partial charge in [-0.2, -0.15) is 0 Å². The third-order valence-electron chi connectivity index (χ3n) is 6.08. The zero-order chi connectivity index (χ0) is 20.7. The van der Waals surface area contributed by atoms with Crippen molar-refractivity contribution in [2.75, 3.05) is 40.0 Å². The van der Waals surface area contributed by atoms with E-state index < -0.39 is 0 Å². The van der Waals surface area contributed by atoms with E-state index in [9.17, 15) is 14.0 Å². The van der Waals surface area contributed by atoms with E-state index in [1.165, 1.54) is 12.1 Å². The fraction of sp³-hybridized carbons (Fsp3) is 0.636. The van der Waals surface area contributed by atoms with Gasteiger partial charge in [0.2, 0.25) is 11.8 Å². The summed E-state index contributed by atoms with van der Waals surface area (Å²) in [4.78, 5) is 27.3. The minimum absolute atomic E-state index is 0.00388. The van der Waals surface area contributed by atoms with E-state index in [4.69, 9.17) is 9.47 Å². The molecular weight excluding hydrogens is 375 g/mol. The Balaban J connectivity index is 1.58. The number of benzene rings is 1. The van der Waals surface area contributed by atoms with Gasteiger partial charge in [0.15, 0.2) is 0 Å². The lowest BCUT2D eigenvalue weighted by molar-refractivity contribution is -0.134. The number of carbonyl (C=O) groups excluding carboxylic acids is 2. The predicted molar refractivity (Wildman–Crippen MR) is 107 cm³/mol. The van der Waals surface area contributed by atoms with Gasteiger partial charge in [0.05, 0.1) is 6.42 Å². The third-order valence-corrected chi connectivity index (χ3v) is 6.08. The van der Waals surface area contributed by atoms with Crippen molar-refractivity contribution in [2.24, 2.45) is 5.92 Å². The zero-order valence-corrected chi connectivity index (χ0v) is 17.1. The number of hydrogen-bond acceptors (Lipinski definition) is 4. The lowest BCUT2D eigenvalue weighted by Crippen LogP contribution is -2.58. The molecule has 0 aromatic heterocycles. The van der Waals surface area contributed by atoms with Gasteiger partial charge in [-0.05, 0) is 49.8 Å². The highest BCUT2D eigenvalue weighted by Gasteiger charge is 2.38. The summed E-state index contributed by atoms with van der Waals surface area (Å²) in [6.07, 6.45) is 3.82. The summed E-state index contributed by atoms with van der Waals surface area (Å²) in [5.74, 6) is -0.255. The minimum Gasteiger partial charge on any atom is -0.385 e. The minimum atomic E-state index is -0.346. The van der Waals surface area contributed by atoms with Gasteiger partial charge >= 0.3 is 0 Å². The van der Waals surface area contributed by atoms with Crippen LogP contribution in [0.4, 0.5) is 4.39 Å². The molecular formula is C22H31FN2O4. The normalized spacial score (nSPS) is 19.7. The predicted octanol–water partition coefficient (Wildman–Crippen LogP) is 2.31. The van der Waals surface area contributed by atoms with Crippen LogP contribution in [-0.4, -0.2) is 62.3 Å². The maximum atomic E-state index is 13.4. The Bertz CT molecular complexity index is 698. The number of piperidine rings is 1. The Morgan fingerprint density at radius 3 is 2.66 bits per heavy atom. The number of methoxy groups -OCH3 is 1. The van der Waals surface area contributed by atoms with E-state index >= 15 is 0 Å². The molecule has 3 rings (SSSR count). The number of ether oxygens (including phenoxy) is 2. The van der Waals surface area contributed by atoms with Crippen LogP contribution in [0.5, 0.6) is 0 Å². The summed E-state index contributed by atoms with van der Waals surface area (Å²) >= 11 is 0. The summed E-state index contributed by atoms with van der Waals surface area (Å²) in [6.45, 7) is 2.97. The molecule has 0 atom stereocenters. The monoisotopic (exact) mass is 406 g/mol. The molecule has 2 aliphatic heterocycles. The molecule has 1 aromatic rings. The maximum Gasteiger partial charge on any atom is 0.226 e. The van der Waals surface area contributed by atoms with Gasteiger partial charge < -0.3 is 19.7 Å². The summed E-state index contributed by atoms with van der Waals surface area (Å²) in [5.41, 5.74) is 0.333. The fourth-order valence-corrected chi connectivity index (χ4v) is 4.18. The molecule has 7 heteroatoms. The van der Waals surface area contributed by atoms with E-state index in [-0.39, 0.29) is 35.5 Å². The first kappa shape index (κ1) is 21.7. The highest BCUT2D eigenvalue weighted by atomic mass is 19.1. The van der Waals surface area contributed by atoms with Gasteiger partial charge in [-0.15, -0.1) is 0 Å². The molecule has 1 aromatic carbocycles. The van der Waals surface area contributed by atoms with Gasteiger partial charge in [-0.1, -0.05) is 12.1 Å². The van der Waals surface area contributed by atoms with Crippen LogP contribution >= 0.6 is 0 Å². The Hall–Kier alpha value is -1.99. The summed E-state index contributed by atoms with van der Waals surface area (Å²) in [6, 6.07) is 6.16. The Labute approximate surface area is 171 Å². The quantitative estimate of drug-likeness (QED) is 0.755. The van der Waals surface area contributed by atoms with E-state index in [0.29, 0.717) is 51.3 Å². The molecule has 0 spiro atoms. The summed E-state index contributed by atoms with van der Waals surface area (Å²) in [5, 5.41) is 3.29. The van der Waals surface area contributed by atoms with Gasteiger partial charge in [0.25, 0.3) is 0 Å². The van der Waals surface area contributed by atoms with Crippen molar-refractivity contribution in [3.8, 4) is 0 Å². The molecule has 2 amide bonds. The second kappa shape index (κ2) is 10.2. The largest absolute Gasteiger partial charge is 0.385 e. The Kier molecular flexibility index (Phi) is 7.61. The van der Waals surface area contributed by atoms with Crippen LogP contribution in [0, 0.1) is 11.7 Å². The molecule has 160 valence electrons. The van der Waals surface area contributed by atoms with Crippen molar-refractivity contribution >= 4 is 11.8 Å². The van der Waals surface area contributed by atoms with Crippen molar-refractivity contribution in [2.45, 2.75) is 44.1 Å². The molecule has 0 saturated carbocycles. The number of nitrogens with zero attached hydrogens (tertiary/aromatic N) is 1. The highest BCUT2D eigenvalue weighted by molar-refractivity contribution is 5.80. The van der Waals surface area contributed by atoms with Gasteiger partial charge in [-0.25, -0.2) is 4.39 Å². The third kappa shape index (κ3) is 6.00. The number of amides is 2. The number of likely N-dealkylation sites (tertiary alicyclic amines) is 1. The molecule has 0 radical (unpaired) electrons.